The van der Waals surface area contributed by atoms with Crippen molar-refractivity contribution in [1.29, 1.82) is 0 Å². The van der Waals surface area contributed by atoms with E-state index in [0.717, 1.165) is 31.7 Å². The molecule has 0 bridgehead atoms. The Balaban J connectivity index is 1.77. The van der Waals surface area contributed by atoms with Gasteiger partial charge in [-0.1, -0.05) is 23.6 Å². The van der Waals surface area contributed by atoms with Crippen molar-refractivity contribution >= 4 is 10.9 Å². The van der Waals surface area contributed by atoms with Crippen LogP contribution in [0.3, 0.4) is 0 Å². The molecule has 1 aliphatic rings. The van der Waals surface area contributed by atoms with Crippen molar-refractivity contribution in [2.75, 3.05) is 13.6 Å². The van der Waals surface area contributed by atoms with E-state index in [2.05, 4.69) is 58.5 Å². The van der Waals surface area contributed by atoms with Crippen LogP contribution in [0.25, 0.3) is 10.9 Å². The van der Waals surface area contributed by atoms with Crippen molar-refractivity contribution in [1.82, 2.24) is 14.5 Å². The average molecular weight is 315 g/mol. The summed E-state index contributed by atoms with van der Waals surface area (Å²) in [5, 5.41) is 1.39. The highest BCUT2D eigenvalue weighted by molar-refractivity contribution is 5.86. The average Bonchev–Trinajstić information content (AvgIpc) is 2.89. The van der Waals surface area contributed by atoms with E-state index in [4.69, 9.17) is 0 Å². The minimum absolute atomic E-state index is 0.717. The monoisotopic (exact) mass is 315 g/mol. The normalized spacial score (nSPS) is 14.2. The summed E-state index contributed by atoms with van der Waals surface area (Å²) in [5.74, 6) is 6.49. The zero-order valence-electron chi connectivity index (χ0n) is 14.2. The Morgan fingerprint density at radius 2 is 2.12 bits per heavy atom. The van der Waals surface area contributed by atoms with Crippen molar-refractivity contribution in [2.45, 2.75) is 26.4 Å². The summed E-state index contributed by atoms with van der Waals surface area (Å²) in [7, 11) is 2.20. The smallest absolute Gasteiger partial charge is 0.113 e. The number of nitrogens with zero attached hydrogens (tertiary/aromatic N) is 3. The van der Waals surface area contributed by atoms with Gasteiger partial charge in [0, 0.05) is 42.3 Å². The zero-order chi connectivity index (χ0) is 16.5. The van der Waals surface area contributed by atoms with E-state index in [0.29, 0.717) is 0 Å². The number of hydrogen-bond donors (Lipinski definition) is 0. The van der Waals surface area contributed by atoms with E-state index < -0.39 is 0 Å². The summed E-state index contributed by atoms with van der Waals surface area (Å²) < 4.78 is 2.40. The van der Waals surface area contributed by atoms with E-state index in [1.807, 2.05) is 18.2 Å². The van der Waals surface area contributed by atoms with Gasteiger partial charge in [0.15, 0.2) is 0 Å². The minimum atomic E-state index is 0.717. The number of hydrogen-bond acceptors (Lipinski definition) is 2. The van der Waals surface area contributed by atoms with Crippen LogP contribution in [0.15, 0.2) is 42.6 Å². The molecule has 0 saturated carbocycles. The molecule has 2 aromatic heterocycles. The molecule has 3 heterocycles. The first kappa shape index (κ1) is 15.0. The predicted octanol–water partition coefficient (Wildman–Crippen LogP) is 3.38. The van der Waals surface area contributed by atoms with Crippen LogP contribution in [0.2, 0.25) is 0 Å². The van der Waals surface area contributed by atoms with Crippen LogP contribution in [0.5, 0.6) is 0 Å². The number of benzene rings is 1. The molecule has 4 rings (SSSR count). The van der Waals surface area contributed by atoms with Crippen molar-refractivity contribution in [3.63, 3.8) is 0 Å². The van der Waals surface area contributed by atoms with Gasteiger partial charge in [0.25, 0.3) is 0 Å². The summed E-state index contributed by atoms with van der Waals surface area (Å²) >= 11 is 0. The zero-order valence-corrected chi connectivity index (χ0v) is 14.2. The molecule has 0 radical (unpaired) electrons. The Bertz CT molecular complexity index is 942. The van der Waals surface area contributed by atoms with Gasteiger partial charge in [-0.05, 0) is 49.7 Å². The third-order valence-electron chi connectivity index (χ3n) is 4.72. The number of rotatable bonds is 1. The summed E-state index contributed by atoms with van der Waals surface area (Å²) in [6, 6.07) is 12.6. The van der Waals surface area contributed by atoms with Gasteiger partial charge in [-0.15, -0.1) is 0 Å². The molecule has 0 unspecified atom stereocenters. The Labute approximate surface area is 142 Å². The van der Waals surface area contributed by atoms with Gasteiger partial charge in [0.05, 0.1) is 6.54 Å². The maximum absolute atomic E-state index is 4.28. The molecule has 3 aromatic rings. The van der Waals surface area contributed by atoms with Crippen LogP contribution in [0.1, 0.15) is 22.5 Å². The largest absolute Gasteiger partial charge is 0.333 e. The summed E-state index contributed by atoms with van der Waals surface area (Å²) in [4.78, 5) is 6.68. The summed E-state index contributed by atoms with van der Waals surface area (Å²) in [6.07, 6.45) is 2.88. The van der Waals surface area contributed by atoms with Gasteiger partial charge in [-0.2, -0.15) is 0 Å². The lowest BCUT2D eigenvalue weighted by atomic mass is 10.0. The third kappa shape index (κ3) is 2.70. The fourth-order valence-corrected chi connectivity index (χ4v) is 3.53. The standard InChI is InChI=1S/C21H21N3/c1-16-8-9-20-18(14-16)19-15-23(2)13-10-21(19)24(20)12-5-7-17-6-3-4-11-22-17/h3-4,6,8-9,11,14H,10,12-13,15H2,1-2H3. The Morgan fingerprint density at radius 1 is 1.21 bits per heavy atom. The molecule has 1 aliphatic heterocycles. The fourth-order valence-electron chi connectivity index (χ4n) is 3.53. The van der Waals surface area contributed by atoms with E-state index in [-0.39, 0.29) is 0 Å². The van der Waals surface area contributed by atoms with Gasteiger partial charge in [-0.3, -0.25) is 0 Å². The van der Waals surface area contributed by atoms with Crippen LogP contribution in [0.4, 0.5) is 0 Å². The number of pyridine rings is 1. The SMILES string of the molecule is Cc1ccc2c(c1)c1c(n2CC#Cc2ccccn2)CCN(C)C1. The van der Waals surface area contributed by atoms with Crippen LogP contribution in [-0.2, 0) is 19.5 Å². The van der Waals surface area contributed by atoms with E-state index >= 15 is 0 Å². The molecule has 3 heteroatoms. The second kappa shape index (κ2) is 6.14. The molecule has 1 aromatic carbocycles. The van der Waals surface area contributed by atoms with Crippen molar-refractivity contribution in [3.05, 3.63) is 65.1 Å². The quantitative estimate of drug-likeness (QED) is 0.642. The molecule has 0 spiro atoms. The molecule has 0 aliphatic carbocycles. The molecule has 24 heavy (non-hydrogen) atoms. The molecule has 0 atom stereocenters. The lowest BCUT2D eigenvalue weighted by molar-refractivity contribution is 0.310. The van der Waals surface area contributed by atoms with E-state index in [1.54, 1.807) is 6.20 Å². The molecule has 0 saturated heterocycles. The molecule has 0 fully saturated rings. The Kier molecular flexibility index (Phi) is 3.84. The summed E-state index contributed by atoms with van der Waals surface area (Å²) in [6.45, 7) is 5.01. The first-order valence-electron chi connectivity index (χ1n) is 8.41. The third-order valence-corrected chi connectivity index (χ3v) is 4.72. The number of likely N-dealkylation sites (N-methyl/N-ethyl adjacent to an activating group) is 1. The molecule has 0 N–H and O–H groups in total. The van der Waals surface area contributed by atoms with Crippen LogP contribution in [-0.4, -0.2) is 28.0 Å². The van der Waals surface area contributed by atoms with Crippen molar-refractivity contribution in [2.24, 2.45) is 0 Å². The van der Waals surface area contributed by atoms with E-state index in [1.165, 1.54) is 27.7 Å². The summed E-state index contributed by atoms with van der Waals surface area (Å²) in [5.41, 5.74) is 6.37. The van der Waals surface area contributed by atoms with Gasteiger partial charge < -0.3 is 9.47 Å². The molecule has 3 nitrogen and oxygen atoms in total. The number of aryl methyl sites for hydroxylation is 1. The maximum Gasteiger partial charge on any atom is 0.113 e. The molecular weight excluding hydrogens is 294 g/mol. The molecular formula is C21H21N3. The molecule has 0 amide bonds. The highest BCUT2D eigenvalue weighted by Gasteiger charge is 2.21. The number of fused-ring (bicyclic) bond motifs is 3. The van der Waals surface area contributed by atoms with Crippen molar-refractivity contribution in [3.8, 4) is 11.8 Å². The lowest BCUT2D eigenvalue weighted by Crippen LogP contribution is -2.27. The first-order valence-corrected chi connectivity index (χ1v) is 8.41. The molecule has 120 valence electrons. The Hall–Kier alpha value is -2.57. The van der Waals surface area contributed by atoms with Crippen LogP contribution in [0, 0.1) is 18.8 Å². The van der Waals surface area contributed by atoms with Crippen molar-refractivity contribution < 1.29 is 0 Å². The van der Waals surface area contributed by atoms with Gasteiger partial charge in [0.2, 0.25) is 0 Å². The Morgan fingerprint density at radius 3 is 2.96 bits per heavy atom. The van der Waals surface area contributed by atoms with Crippen LogP contribution < -0.4 is 0 Å². The van der Waals surface area contributed by atoms with Crippen LogP contribution >= 0.6 is 0 Å². The van der Waals surface area contributed by atoms with Gasteiger partial charge in [0.1, 0.15) is 5.69 Å². The predicted molar refractivity (Wildman–Crippen MR) is 97.8 cm³/mol. The first-order chi connectivity index (χ1) is 11.7. The van der Waals surface area contributed by atoms with Gasteiger partial charge >= 0.3 is 0 Å². The fraction of sp³-hybridized carbons (Fsp3) is 0.286. The minimum Gasteiger partial charge on any atom is -0.333 e. The topological polar surface area (TPSA) is 21.1 Å². The number of aromatic nitrogens is 2. The second-order valence-corrected chi connectivity index (χ2v) is 6.54. The maximum atomic E-state index is 4.28. The highest BCUT2D eigenvalue weighted by atomic mass is 15.1. The van der Waals surface area contributed by atoms with E-state index in [9.17, 15) is 0 Å². The highest BCUT2D eigenvalue weighted by Crippen LogP contribution is 2.31. The second-order valence-electron chi connectivity index (χ2n) is 6.54. The lowest BCUT2D eigenvalue weighted by Gasteiger charge is -2.23. The van der Waals surface area contributed by atoms with Gasteiger partial charge in [-0.25, -0.2) is 4.98 Å².